The fourth-order valence-electron chi connectivity index (χ4n) is 3.72. The number of benzene rings is 2. The van der Waals surface area contributed by atoms with Crippen LogP contribution in [0.5, 0.6) is 0 Å². The summed E-state index contributed by atoms with van der Waals surface area (Å²) in [5.74, 6) is 0.840. The molecule has 0 aliphatic carbocycles. The summed E-state index contributed by atoms with van der Waals surface area (Å²) in [5, 5.41) is 2.69. The third-order valence-corrected chi connectivity index (χ3v) is 5.15. The summed E-state index contributed by atoms with van der Waals surface area (Å²) >= 11 is 0. The molecule has 0 radical (unpaired) electrons. The number of nitrogens with one attached hydrogen (secondary N) is 2. The summed E-state index contributed by atoms with van der Waals surface area (Å²) in [4.78, 5) is 33.1. The number of rotatable bonds is 5. The van der Waals surface area contributed by atoms with Gasteiger partial charge in [0.05, 0.1) is 28.5 Å². The summed E-state index contributed by atoms with van der Waals surface area (Å²) in [7, 11) is 0. The van der Waals surface area contributed by atoms with Gasteiger partial charge in [-0.2, -0.15) is 13.2 Å². The van der Waals surface area contributed by atoms with Crippen LogP contribution in [-0.2, 0) is 12.6 Å². The number of halogens is 3. The molecule has 3 heterocycles. The van der Waals surface area contributed by atoms with Crippen LogP contribution in [0.1, 0.15) is 11.4 Å². The first-order valence-electron chi connectivity index (χ1n) is 9.99. The smallest absolute Gasteiger partial charge is 0.368 e. The second kappa shape index (κ2) is 8.01. The first kappa shape index (κ1) is 20.6. The van der Waals surface area contributed by atoms with Gasteiger partial charge < -0.3 is 10.3 Å². The molecule has 166 valence electrons. The van der Waals surface area contributed by atoms with Crippen LogP contribution in [-0.4, -0.2) is 36.0 Å². The lowest BCUT2D eigenvalue weighted by molar-refractivity contribution is -0.136. The second-order valence-electron chi connectivity index (χ2n) is 7.20. The van der Waals surface area contributed by atoms with Gasteiger partial charge in [0.1, 0.15) is 17.7 Å². The average molecular weight is 451 g/mol. The van der Waals surface area contributed by atoms with Crippen molar-refractivity contribution in [3.63, 3.8) is 0 Å². The standard InChI is InChI=1S/C22H16F3N7O/c23-22(24,25)14-7-4-8-15-17(14)21(33)32(13-5-2-1-3-6-13)16(31-15)9-10-26-19-18-20(28-11-27-18)30-12-29-19/h1-8,11-12H,9-10H2,(H2,26,27,28,29,30). The number of fused-ring (bicyclic) bond motifs is 2. The summed E-state index contributed by atoms with van der Waals surface area (Å²) < 4.78 is 42.1. The number of anilines is 1. The summed E-state index contributed by atoms with van der Waals surface area (Å²) in [6, 6.07) is 12.0. The van der Waals surface area contributed by atoms with Crippen molar-refractivity contribution in [3.8, 4) is 5.69 Å². The minimum Gasteiger partial charge on any atom is -0.368 e. The molecule has 0 amide bonds. The molecule has 0 atom stereocenters. The van der Waals surface area contributed by atoms with Crippen molar-refractivity contribution < 1.29 is 13.2 Å². The predicted molar refractivity (Wildman–Crippen MR) is 116 cm³/mol. The average Bonchev–Trinajstić information content (AvgIpc) is 3.29. The highest BCUT2D eigenvalue weighted by Crippen LogP contribution is 2.33. The normalized spacial score (nSPS) is 11.8. The van der Waals surface area contributed by atoms with Crippen LogP contribution in [0.2, 0.25) is 0 Å². The monoisotopic (exact) mass is 451 g/mol. The van der Waals surface area contributed by atoms with E-state index in [9.17, 15) is 18.0 Å². The Morgan fingerprint density at radius 1 is 1.00 bits per heavy atom. The maximum absolute atomic E-state index is 13.6. The Labute approximate surface area is 184 Å². The SMILES string of the molecule is O=c1c2c(C(F)(F)F)cccc2nc(CCNc2ncnc3nc[nH]c23)n1-c1ccccc1. The first-order chi connectivity index (χ1) is 15.9. The van der Waals surface area contributed by atoms with Crippen molar-refractivity contribution in [1.82, 2.24) is 29.5 Å². The molecule has 3 aromatic heterocycles. The molecule has 2 aromatic carbocycles. The van der Waals surface area contributed by atoms with Crippen LogP contribution in [0, 0.1) is 0 Å². The molecule has 0 aliphatic heterocycles. The number of para-hydroxylation sites is 1. The molecule has 5 aromatic rings. The molecule has 0 fully saturated rings. The van der Waals surface area contributed by atoms with Crippen LogP contribution in [0.25, 0.3) is 27.8 Å². The van der Waals surface area contributed by atoms with E-state index in [2.05, 4.69) is 30.2 Å². The molecule has 33 heavy (non-hydrogen) atoms. The van der Waals surface area contributed by atoms with Gasteiger partial charge in [0.2, 0.25) is 0 Å². The zero-order valence-electron chi connectivity index (χ0n) is 17.0. The number of aromatic nitrogens is 6. The van der Waals surface area contributed by atoms with Crippen molar-refractivity contribution in [2.24, 2.45) is 0 Å². The van der Waals surface area contributed by atoms with Crippen molar-refractivity contribution in [2.75, 3.05) is 11.9 Å². The highest BCUT2D eigenvalue weighted by atomic mass is 19.4. The predicted octanol–water partition coefficient (Wildman–Crippen LogP) is 3.73. The van der Waals surface area contributed by atoms with Gasteiger partial charge in [-0.05, 0) is 24.3 Å². The number of H-pyrrole nitrogens is 1. The maximum atomic E-state index is 13.6. The molecule has 0 spiro atoms. The minimum atomic E-state index is -4.68. The lowest BCUT2D eigenvalue weighted by Crippen LogP contribution is -2.27. The van der Waals surface area contributed by atoms with Crippen LogP contribution in [0.15, 0.2) is 66.0 Å². The summed E-state index contributed by atoms with van der Waals surface area (Å²) in [5.41, 5.74) is -0.227. The van der Waals surface area contributed by atoms with Crippen molar-refractivity contribution in [1.29, 1.82) is 0 Å². The van der Waals surface area contributed by atoms with Crippen molar-refractivity contribution >= 4 is 27.9 Å². The van der Waals surface area contributed by atoms with Crippen molar-refractivity contribution in [2.45, 2.75) is 12.6 Å². The highest BCUT2D eigenvalue weighted by Gasteiger charge is 2.34. The Hall–Kier alpha value is -4.28. The van der Waals surface area contributed by atoms with E-state index in [1.807, 2.05) is 0 Å². The number of imidazole rings is 1. The van der Waals surface area contributed by atoms with E-state index in [-0.39, 0.29) is 11.9 Å². The lowest BCUT2D eigenvalue weighted by Gasteiger charge is -2.16. The molecule has 0 saturated carbocycles. The number of nitrogens with zero attached hydrogens (tertiary/aromatic N) is 5. The van der Waals surface area contributed by atoms with Gasteiger partial charge in [-0.25, -0.2) is 19.9 Å². The lowest BCUT2D eigenvalue weighted by atomic mass is 10.1. The van der Waals surface area contributed by atoms with Gasteiger partial charge in [-0.1, -0.05) is 24.3 Å². The van der Waals surface area contributed by atoms with E-state index in [0.29, 0.717) is 35.0 Å². The molecule has 5 rings (SSSR count). The molecule has 0 aliphatic rings. The van der Waals surface area contributed by atoms with Gasteiger partial charge in [0.15, 0.2) is 11.5 Å². The van der Waals surface area contributed by atoms with E-state index in [1.54, 1.807) is 30.3 Å². The van der Waals surface area contributed by atoms with Gasteiger partial charge in [0, 0.05) is 13.0 Å². The van der Waals surface area contributed by atoms with E-state index in [0.717, 1.165) is 6.07 Å². The Kier molecular flexibility index (Phi) is 5.00. The van der Waals surface area contributed by atoms with E-state index in [1.165, 1.54) is 29.4 Å². The third-order valence-electron chi connectivity index (χ3n) is 5.15. The molecule has 8 nitrogen and oxygen atoms in total. The Morgan fingerprint density at radius 2 is 1.82 bits per heavy atom. The minimum absolute atomic E-state index is 0.00463. The molecule has 2 N–H and O–H groups in total. The fourth-order valence-corrected chi connectivity index (χ4v) is 3.72. The largest absolute Gasteiger partial charge is 0.417 e. The Morgan fingerprint density at radius 3 is 2.61 bits per heavy atom. The van der Waals surface area contributed by atoms with Gasteiger partial charge in [0.25, 0.3) is 5.56 Å². The van der Waals surface area contributed by atoms with E-state index in [4.69, 9.17) is 0 Å². The van der Waals surface area contributed by atoms with E-state index >= 15 is 0 Å². The Bertz CT molecular complexity index is 1510. The first-order valence-corrected chi connectivity index (χ1v) is 9.99. The zero-order valence-corrected chi connectivity index (χ0v) is 17.0. The number of alkyl halides is 3. The van der Waals surface area contributed by atoms with E-state index < -0.39 is 22.7 Å². The Balaban J connectivity index is 1.59. The number of hydrogen-bond acceptors (Lipinski definition) is 6. The topological polar surface area (TPSA) is 101 Å². The quantitative estimate of drug-likeness (QED) is 0.422. The highest BCUT2D eigenvalue weighted by molar-refractivity contribution is 5.83. The molecule has 11 heteroatoms. The van der Waals surface area contributed by atoms with Gasteiger partial charge in [-0.3, -0.25) is 9.36 Å². The number of aromatic amines is 1. The molecule has 0 saturated heterocycles. The fraction of sp³-hybridized carbons (Fsp3) is 0.136. The van der Waals surface area contributed by atoms with Crippen molar-refractivity contribution in [3.05, 3.63) is 82.9 Å². The third kappa shape index (κ3) is 3.77. The van der Waals surface area contributed by atoms with Crippen LogP contribution >= 0.6 is 0 Å². The second-order valence-corrected chi connectivity index (χ2v) is 7.20. The van der Waals surface area contributed by atoms with Gasteiger partial charge in [-0.15, -0.1) is 0 Å². The zero-order chi connectivity index (χ0) is 23.0. The molecule has 0 bridgehead atoms. The molecular formula is C22H16F3N7O. The number of hydrogen-bond donors (Lipinski definition) is 2. The summed E-state index contributed by atoms with van der Waals surface area (Å²) in [6.07, 6.45) is -1.56. The molecular weight excluding hydrogens is 435 g/mol. The van der Waals surface area contributed by atoms with Crippen LogP contribution in [0.4, 0.5) is 19.0 Å². The van der Waals surface area contributed by atoms with Gasteiger partial charge >= 0.3 is 6.18 Å². The summed E-state index contributed by atoms with van der Waals surface area (Å²) in [6.45, 7) is 0.314. The van der Waals surface area contributed by atoms with Crippen LogP contribution in [0.3, 0.4) is 0 Å². The molecule has 0 unspecified atom stereocenters. The maximum Gasteiger partial charge on any atom is 0.417 e. The van der Waals surface area contributed by atoms with Crippen LogP contribution < -0.4 is 10.9 Å².